The van der Waals surface area contributed by atoms with Crippen LogP contribution in [-0.2, 0) is 9.47 Å². The van der Waals surface area contributed by atoms with Gasteiger partial charge in [0.15, 0.2) is 0 Å². The number of carbonyl (C=O) groups is 2. The van der Waals surface area contributed by atoms with Crippen LogP contribution in [0.4, 0.5) is 9.59 Å². The number of alkyl carbamates (subject to hydrolysis) is 1. The molecule has 2 amide bonds. The van der Waals surface area contributed by atoms with Crippen molar-refractivity contribution in [1.82, 2.24) is 15.1 Å². The highest BCUT2D eigenvalue weighted by Gasteiger charge is 2.35. The Balaban J connectivity index is 2.45. The first kappa shape index (κ1) is 21.5. The first-order valence-corrected chi connectivity index (χ1v) is 8.99. The topological polar surface area (TPSA) is 71.1 Å². The molecule has 25 heavy (non-hydrogen) atoms. The minimum atomic E-state index is -0.495. The van der Waals surface area contributed by atoms with E-state index < -0.39 is 17.3 Å². The Hall–Kier alpha value is -1.50. The Morgan fingerprint density at radius 3 is 1.88 bits per heavy atom. The normalized spacial score (nSPS) is 22.5. The van der Waals surface area contributed by atoms with Gasteiger partial charge >= 0.3 is 12.2 Å². The van der Waals surface area contributed by atoms with Crippen LogP contribution in [0.3, 0.4) is 0 Å². The van der Waals surface area contributed by atoms with Crippen LogP contribution in [0.25, 0.3) is 0 Å². The van der Waals surface area contributed by atoms with Gasteiger partial charge in [-0.15, -0.1) is 0 Å². The molecule has 1 aliphatic heterocycles. The first-order valence-electron chi connectivity index (χ1n) is 8.99. The summed E-state index contributed by atoms with van der Waals surface area (Å²) in [5.41, 5.74) is -0.989. The Labute approximate surface area is 152 Å². The van der Waals surface area contributed by atoms with E-state index in [1.165, 1.54) is 0 Å². The number of carbonyl (C=O) groups excluding carboxylic acids is 2. The summed E-state index contributed by atoms with van der Waals surface area (Å²) in [5.74, 6) is 0. The van der Waals surface area contributed by atoms with Crippen molar-refractivity contribution in [1.29, 1.82) is 0 Å². The fraction of sp³-hybridized carbons (Fsp3) is 0.889. The smallest absolute Gasteiger partial charge is 0.410 e. The molecular weight excluding hydrogens is 322 g/mol. The Kier molecular flexibility index (Phi) is 7.11. The van der Waals surface area contributed by atoms with Crippen LogP contribution in [0.5, 0.6) is 0 Å². The van der Waals surface area contributed by atoms with E-state index in [9.17, 15) is 9.59 Å². The maximum Gasteiger partial charge on any atom is 0.410 e. The van der Waals surface area contributed by atoms with Crippen molar-refractivity contribution in [2.75, 3.05) is 26.2 Å². The lowest BCUT2D eigenvalue weighted by Gasteiger charge is -2.44. The summed E-state index contributed by atoms with van der Waals surface area (Å²) in [6.07, 6.45) is -0.667. The molecule has 1 rings (SSSR count). The van der Waals surface area contributed by atoms with Gasteiger partial charge in [0.05, 0.1) is 0 Å². The van der Waals surface area contributed by atoms with Crippen LogP contribution >= 0.6 is 0 Å². The highest BCUT2D eigenvalue weighted by atomic mass is 16.6. The van der Waals surface area contributed by atoms with Crippen LogP contribution in [0.2, 0.25) is 0 Å². The standard InChI is InChI=1S/C18H35N3O4/c1-13-11-20(10-9-19-15(22)24-17(3,4)5)12-14(2)21(13)16(23)25-18(6,7)8/h13-14H,9-12H2,1-8H3,(H,19,22). The molecule has 1 aliphatic rings. The summed E-state index contributed by atoms with van der Waals surface area (Å²) in [6.45, 7) is 17.9. The van der Waals surface area contributed by atoms with Gasteiger partial charge in [0, 0.05) is 38.3 Å². The minimum Gasteiger partial charge on any atom is -0.444 e. The van der Waals surface area contributed by atoms with Crippen LogP contribution in [0, 0.1) is 0 Å². The predicted octanol–water partition coefficient (Wildman–Crippen LogP) is 2.84. The lowest BCUT2D eigenvalue weighted by atomic mass is 10.1. The predicted molar refractivity (Wildman–Crippen MR) is 97.7 cm³/mol. The lowest BCUT2D eigenvalue weighted by Crippen LogP contribution is -2.60. The van der Waals surface area contributed by atoms with Crippen LogP contribution < -0.4 is 5.32 Å². The van der Waals surface area contributed by atoms with E-state index in [-0.39, 0.29) is 18.2 Å². The Morgan fingerprint density at radius 1 is 0.960 bits per heavy atom. The molecule has 0 saturated carbocycles. The quantitative estimate of drug-likeness (QED) is 0.841. The summed E-state index contributed by atoms with van der Waals surface area (Å²) in [4.78, 5) is 28.1. The number of ether oxygens (including phenoxy) is 2. The molecule has 0 aromatic carbocycles. The zero-order chi connectivity index (χ0) is 19.4. The van der Waals surface area contributed by atoms with E-state index in [1.807, 2.05) is 60.3 Å². The second-order valence-electron chi connectivity index (χ2n) is 8.77. The van der Waals surface area contributed by atoms with Gasteiger partial charge in [0.2, 0.25) is 0 Å². The van der Waals surface area contributed by atoms with Gasteiger partial charge in [-0.3, -0.25) is 4.90 Å². The Bertz CT molecular complexity index is 456. The first-order chi connectivity index (χ1) is 11.3. The van der Waals surface area contributed by atoms with Crippen molar-refractivity contribution in [2.45, 2.75) is 78.7 Å². The maximum absolute atomic E-state index is 12.4. The van der Waals surface area contributed by atoms with Gasteiger partial charge in [0.25, 0.3) is 0 Å². The molecule has 0 spiro atoms. The second-order valence-corrected chi connectivity index (χ2v) is 8.77. The largest absolute Gasteiger partial charge is 0.444 e. The summed E-state index contributed by atoms with van der Waals surface area (Å²) in [6, 6.07) is 0.111. The van der Waals surface area contributed by atoms with E-state index in [0.717, 1.165) is 19.6 Å². The van der Waals surface area contributed by atoms with Gasteiger partial charge in [0.1, 0.15) is 11.2 Å². The third kappa shape index (κ3) is 7.94. The number of amides is 2. The van der Waals surface area contributed by atoms with E-state index in [4.69, 9.17) is 9.47 Å². The van der Waals surface area contributed by atoms with Gasteiger partial charge in [-0.25, -0.2) is 9.59 Å². The van der Waals surface area contributed by atoms with E-state index in [2.05, 4.69) is 10.2 Å². The Morgan fingerprint density at radius 2 is 1.44 bits per heavy atom. The highest BCUT2D eigenvalue weighted by molar-refractivity contribution is 5.69. The van der Waals surface area contributed by atoms with Crippen LogP contribution in [0.1, 0.15) is 55.4 Å². The average molecular weight is 357 g/mol. The van der Waals surface area contributed by atoms with E-state index in [1.54, 1.807) is 0 Å². The SMILES string of the molecule is CC1CN(CCNC(=O)OC(C)(C)C)CC(C)N1C(=O)OC(C)(C)C. The fourth-order valence-electron chi connectivity index (χ4n) is 2.92. The molecule has 7 nitrogen and oxygen atoms in total. The summed E-state index contributed by atoms with van der Waals surface area (Å²) < 4.78 is 10.7. The number of rotatable bonds is 3. The molecule has 1 heterocycles. The molecule has 0 bridgehead atoms. The lowest BCUT2D eigenvalue weighted by molar-refractivity contribution is -0.0147. The van der Waals surface area contributed by atoms with E-state index >= 15 is 0 Å². The average Bonchev–Trinajstić information content (AvgIpc) is 2.32. The monoisotopic (exact) mass is 357 g/mol. The molecular formula is C18H35N3O4. The number of nitrogens with one attached hydrogen (secondary N) is 1. The van der Waals surface area contributed by atoms with Crippen LogP contribution in [-0.4, -0.2) is 71.5 Å². The number of nitrogens with zero attached hydrogens (tertiary/aromatic N) is 2. The molecule has 1 fully saturated rings. The summed E-state index contributed by atoms with van der Waals surface area (Å²) in [5, 5.41) is 2.77. The van der Waals surface area contributed by atoms with Crippen molar-refractivity contribution in [3.8, 4) is 0 Å². The highest BCUT2D eigenvalue weighted by Crippen LogP contribution is 2.19. The molecule has 2 atom stereocenters. The minimum absolute atomic E-state index is 0.0557. The summed E-state index contributed by atoms with van der Waals surface area (Å²) >= 11 is 0. The van der Waals surface area contributed by atoms with Crippen molar-refractivity contribution >= 4 is 12.2 Å². The van der Waals surface area contributed by atoms with Crippen molar-refractivity contribution in [3.63, 3.8) is 0 Å². The fourth-order valence-corrected chi connectivity index (χ4v) is 2.92. The molecule has 0 aromatic heterocycles. The van der Waals surface area contributed by atoms with E-state index in [0.29, 0.717) is 6.54 Å². The third-order valence-electron chi connectivity index (χ3n) is 3.70. The molecule has 1 N–H and O–H groups in total. The maximum atomic E-state index is 12.4. The molecule has 1 saturated heterocycles. The molecule has 0 radical (unpaired) electrons. The molecule has 2 unspecified atom stereocenters. The van der Waals surface area contributed by atoms with Gasteiger partial charge in [-0.1, -0.05) is 0 Å². The molecule has 7 heteroatoms. The van der Waals surface area contributed by atoms with Gasteiger partial charge in [-0.05, 0) is 55.4 Å². The second kappa shape index (κ2) is 8.25. The summed E-state index contributed by atoms with van der Waals surface area (Å²) in [7, 11) is 0. The molecule has 146 valence electrons. The van der Waals surface area contributed by atoms with Crippen LogP contribution in [0.15, 0.2) is 0 Å². The van der Waals surface area contributed by atoms with Crippen molar-refractivity contribution < 1.29 is 19.1 Å². The third-order valence-corrected chi connectivity index (χ3v) is 3.70. The van der Waals surface area contributed by atoms with Crippen molar-refractivity contribution in [3.05, 3.63) is 0 Å². The number of hydrogen-bond donors (Lipinski definition) is 1. The van der Waals surface area contributed by atoms with Gasteiger partial charge in [-0.2, -0.15) is 0 Å². The number of piperazine rings is 1. The molecule has 0 aromatic rings. The van der Waals surface area contributed by atoms with Gasteiger partial charge < -0.3 is 19.7 Å². The zero-order valence-electron chi connectivity index (χ0n) is 17.0. The van der Waals surface area contributed by atoms with Crippen molar-refractivity contribution in [2.24, 2.45) is 0 Å². The molecule has 0 aliphatic carbocycles. The number of hydrogen-bond acceptors (Lipinski definition) is 5. The zero-order valence-corrected chi connectivity index (χ0v) is 17.0.